The van der Waals surface area contributed by atoms with Crippen molar-refractivity contribution >= 4 is 17.8 Å². The standard InChI is InChI=1S/C6H12N4O4/c7-6(8)9-1-4(12)10-3(2-11)5(13)14/h3,11H,1-2H2,(H,10,12)(H,13,14)(H4,7,8,9)/t3-/m0/s1. The lowest BCUT2D eigenvalue weighted by molar-refractivity contribution is -0.142. The Morgan fingerprint density at radius 2 is 2.00 bits per heavy atom. The second-order valence-corrected chi connectivity index (χ2v) is 2.38. The second-order valence-electron chi connectivity index (χ2n) is 2.38. The van der Waals surface area contributed by atoms with Crippen LogP contribution in [0.15, 0.2) is 4.99 Å². The molecule has 0 saturated carbocycles. The van der Waals surface area contributed by atoms with Crippen LogP contribution in [0.3, 0.4) is 0 Å². The second kappa shape index (κ2) is 5.75. The van der Waals surface area contributed by atoms with Crippen LogP contribution in [0.5, 0.6) is 0 Å². The monoisotopic (exact) mass is 204 g/mol. The summed E-state index contributed by atoms with van der Waals surface area (Å²) in [7, 11) is 0. The topological polar surface area (TPSA) is 151 Å². The minimum absolute atomic E-state index is 0.268. The molecular formula is C6H12N4O4. The summed E-state index contributed by atoms with van der Waals surface area (Å²) in [5, 5.41) is 19.0. The molecule has 0 aliphatic rings. The number of aliphatic hydroxyl groups excluding tert-OH is 1. The molecule has 0 unspecified atom stereocenters. The van der Waals surface area contributed by atoms with Gasteiger partial charge < -0.3 is 27.0 Å². The molecule has 80 valence electrons. The number of guanidine groups is 1. The van der Waals surface area contributed by atoms with Crippen LogP contribution in [0.2, 0.25) is 0 Å². The van der Waals surface area contributed by atoms with Crippen molar-refractivity contribution in [2.75, 3.05) is 13.2 Å². The molecule has 0 heterocycles. The van der Waals surface area contributed by atoms with E-state index in [1.54, 1.807) is 0 Å². The number of nitrogens with zero attached hydrogens (tertiary/aromatic N) is 1. The van der Waals surface area contributed by atoms with Gasteiger partial charge in [-0.25, -0.2) is 9.79 Å². The molecule has 0 rings (SSSR count). The molecule has 1 atom stereocenters. The number of nitrogens with one attached hydrogen (secondary N) is 1. The fourth-order valence-corrected chi connectivity index (χ4v) is 0.589. The van der Waals surface area contributed by atoms with Crippen LogP contribution in [0.4, 0.5) is 0 Å². The number of carboxylic acids is 1. The first kappa shape index (κ1) is 12.2. The maximum Gasteiger partial charge on any atom is 0.328 e. The summed E-state index contributed by atoms with van der Waals surface area (Å²) in [6.45, 7) is -1.06. The molecule has 0 aromatic heterocycles. The molecule has 8 nitrogen and oxygen atoms in total. The fourth-order valence-electron chi connectivity index (χ4n) is 0.589. The van der Waals surface area contributed by atoms with E-state index in [0.29, 0.717) is 0 Å². The summed E-state index contributed by atoms with van der Waals surface area (Å²) in [5.74, 6) is -2.28. The molecular weight excluding hydrogens is 192 g/mol. The maximum absolute atomic E-state index is 10.9. The highest BCUT2D eigenvalue weighted by Crippen LogP contribution is 1.82. The number of amides is 1. The lowest BCUT2D eigenvalue weighted by Gasteiger charge is -2.09. The average Bonchev–Trinajstić information content (AvgIpc) is 2.10. The van der Waals surface area contributed by atoms with Crippen LogP contribution < -0.4 is 16.8 Å². The highest BCUT2D eigenvalue weighted by Gasteiger charge is 2.17. The summed E-state index contributed by atoms with van der Waals surface area (Å²) in [6, 6.07) is -1.34. The van der Waals surface area contributed by atoms with Gasteiger partial charge in [-0.2, -0.15) is 0 Å². The maximum atomic E-state index is 10.9. The summed E-state index contributed by atoms with van der Waals surface area (Å²) >= 11 is 0. The van der Waals surface area contributed by atoms with Crippen molar-refractivity contribution in [3.8, 4) is 0 Å². The van der Waals surface area contributed by atoms with Gasteiger partial charge in [-0.1, -0.05) is 0 Å². The summed E-state index contributed by atoms with van der Waals surface area (Å²) < 4.78 is 0. The van der Waals surface area contributed by atoms with E-state index in [1.807, 2.05) is 5.32 Å². The lowest BCUT2D eigenvalue weighted by atomic mass is 10.3. The van der Waals surface area contributed by atoms with Crippen LogP contribution in [0, 0.1) is 0 Å². The van der Waals surface area contributed by atoms with Gasteiger partial charge >= 0.3 is 5.97 Å². The van der Waals surface area contributed by atoms with Gasteiger partial charge in [0, 0.05) is 0 Å². The first-order chi connectivity index (χ1) is 6.47. The molecule has 0 bridgehead atoms. The van der Waals surface area contributed by atoms with Gasteiger partial charge in [0.15, 0.2) is 5.96 Å². The molecule has 0 spiro atoms. The van der Waals surface area contributed by atoms with Crippen molar-refractivity contribution in [3.63, 3.8) is 0 Å². The van der Waals surface area contributed by atoms with Crippen LogP contribution in [-0.2, 0) is 9.59 Å². The van der Waals surface area contributed by atoms with Crippen LogP contribution in [-0.4, -0.2) is 47.2 Å². The molecule has 0 fully saturated rings. The number of nitrogens with two attached hydrogens (primary N) is 2. The van der Waals surface area contributed by atoms with Crippen molar-refractivity contribution < 1.29 is 19.8 Å². The smallest absolute Gasteiger partial charge is 0.328 e. The van der Waals surface area contributed by atoms with Crippen molar-refractivity contribution in [2.24, 2.45) is 16.5 Å². The molecule has 0 aliphatic heterocycles. The van der Waals surface area contributed by atoms with Crippen LogP contribution in [0.1, 0.15) is 0 Å². The highest BCUT2D eigenvalue weighted by atomic mass is 16.4. The Balaban J connectivity index is 4.04. The first-order valence-electron chi connectivity index (χ1n) is 3.65. The van der Waals surface area contributed by atoms with E-state index in [4.69, 9.17) is 21.7 Å². The van der Waals surface area contributed by atoms with Gasteiger partial charge in [0.05, 0.1) is 6.61 Å². The zero-order valence-corrected chi connectivity index (χ0v) is 7.30. The van der Waals surface area contributed by atoms with Gasteiger partial charge in [-0.05, 0) is 0 Å². The van der Waals surface area contributed by atoms with E-state index in [-0.39, 0.29) is 12.5 Å². The molecule has 0 aromatic carbocycles. The Hall–Kier alpha value is -1.83. The third-order valence-electron chi connectivity index (χ3n) is 1.22. The van der Waals surface area contributed by atoms with Gasteiger partial charge in [0.25, 0.3) is 0 Å². The Morgan fingerprint density at radius 3 is 2.36 bits per heavy atom. The highest BCUT2D eigenvalue weighted by molar-refractivity contribution is 5.86. The average molecular weight is 204 g/mol. The van der Waals surface area contributed by atoms with Gasteiger partial charge in [0.1, 0.15) is 12.6 Å². The zero-order valence-electron chi connectivity index (χ0n) is 7.30. The van der Waals surface area contributed by atoms with E-state index < -0.39 is 24.5 Å². The number of aliphatic imine (C=N–C) groups is 1. The number of aliphatic hydroxyl groups is 1. The zero-order chi connectivity index (χ0) is 11.1. The van der Waals surface area contributed by atoms with E-state index in [2.05, 4.69) is 4.99 Å². The molecule has 0 aromatic rings. The minimum atomic E-state index is -1.34. The molecule has 0 radical (unpaired) electrons. The van der Waals surface area contributed by atoms with Gasteiger partial charge in [-0.15, -0.1) is 0 Å². The number of aliphatic carboxylic acids is 1. The summed E-state index contributed by atoms with van der Waals surface area (Å²) in [4.78, 5) is 24.6. The van der Waals surface area contributed by atoms with E-state index in [0.717, 1.165) is 0 Å². The van der Waals surface area contributed by atoms with Crippen molar-refractivity contribution in [1.82, 2.24) is 5.32 Å². The quantitative estimate of drug-likeness (QED) is 0.235. The fraction of sp³-hybridized carbons (Fsp3) is 0.500. The summed E-state index contributed by atoms with van der Waals surface area (Å²) in [6.07, 6.45) is 0. The van der Waals surface area contributed by atoms with E-state index in [9.17, 15) is 9.59 Å². The minimum Gasteiger partial charge on any atom is -0.480 e. The van der Waals surface area contributed by atoms with Crippen molar-refractivity contribution in [3.05, 3.63) is 0 Å². The molecule has 0 saturated heterocycles. The lowest BCUT2D eigenvalue weighted by Crippen LogP contribution is -2.44. The largest absolute Gasteiger partial charge is 0.480 e. The third-order valence-corrected chi connectivity index (χ3v) is 1.22. The van der Waals surface area contributed by atoms with E-state index in [1.165, 1.54) is 0 Å². The SMILES string of the molecule is NC(N)=NCC(=O)N[C@@H](CO)C(=O)O. The Labute approximate surface area is 79.6 Å². The number of hydrogen-bond donors (Lipinski definition) is 5. The Bertz CT molecular complexity index is 248. The number of hydrogen-bond acceptors (Lipinski definition) is 4. The summed E-state index contributed by atoms with van der Waals surface area (Å²) in [5.41, 5.74) is 9.89. The van der Waals surface area contributed by atoms with Gasteiger partial charge in [0.2, 0.25) is 5.91 Å². The van der Waals surface area contributed by atoms with Crippen molar-refractivity contribution in [1.29, 1.82) is 0 Å². The number of carboxylic acid groups (broad SMARTS) is 1. The number of carbonyl (C=O) groups excluding carboxylic acids is 1. The Kier molecular flexibility index (Phi) is 5.00. The number of carbonyl (C=O) groups is 2. The number of rotatable bonds is 5. The molecule has 8 heteroatoms. The van der Waals surface area contributed by atoms with Crippen LogP contribution in [0.25, 0.3) is 0 Å². The molecule has 1 amide bonds. The molecule has 14 heavy (non-hydrogen) atoms. The normalized spacial score (nSPS) is 11.5. The predicted octanol–water partition coefficient (Wildman–Crippen LogP) is -3.18. The molecule has 0 aliphatic carbocycles. The molecule has 7 N–H and O–H groups in total. The van der Waals surface area contributed by atoms with Gasteiger partial charge in [-0.3, -0.25) is 4.79 Å². The third kappa shape index (κ3) is 4.93. The van der Waals surface area contributed by atoms with Crippen molar-refractivity contribution in [2.45, 2.75) is 6.04 Å². The first-order valence-corrected chi connectivity index (χ1v) is 3.65. The predicted molar refractivity (Wildman–Crippen MR) is 47.3 cm³/mol. The van der Waals surface area contributed by atoms with E-state index >= 15 is 0 Å². The Morgan fingerprint density at radius 1 is 1.43 bits per heavy atom. The van der Waals surface area contributed by atoms with Crippen LogP contribution >= 0.6 is 0 Å².